The third-order valence-electron chi connectivity index (χ3n) is 3.51. The Morgan fingerprint density at radius 1 is 1.47 bits per heavy atom. The second kappa shape index (κ2) is 5.83. The van der Waals surface area contributed by atoms with Crippen LogP contribution in [-0.2, 0) is 0 Å². The van der Waals surface area contributed by atoms with Gasteiger partial charge in [0, 0.05) is 29.0 Å². The highest BCUT2D eigenvalue weighted by Gasteiger charge is 2.29. The first-order valence-electron chi connectivity index (χ1n) is 6.28. The number of piperidine rings is 1. The molecule has 0 saturated carbocycles. The maximum absolute atomic E-state index is 6.00. The van der Waals surface area contributed by atoms with Gasteiger partial charge in [-0.3, -0.25) is 4.90 Å². The van der Waals surface area contributed by atoms with Crippen LogP contribution in [0.3, 0.4) is 0 Å². The van der Waals surface area contributed by atoms with E-state index in [2.05, 4.69) is 46.1 Å². The number of hydrogen-bond donors (Lipinski definition) is 1. The fourth-order valence-corrected chi connectivity index (χ4v) is 4.72. The molecule has 0 aromatic carbocycles. The van der Waals surface area contributed by atoms with Crippen molar-refractivity contribution in [2.24, 2.45) is 17.6 Å². The smallest absolute Gasteiger partial charge is 0.0575 e. The van der Waals surface area contributed by atoms with Crippen molar-refractivity contribution in [2.75, 3.05) is 19.6 Å². The standard InChI is InChI=1S/C13H21BrN2S/c1-9-5-10(2)8-16(7-9)12(6-15)13-11(14)3-4-17-13/h3-4,9-10,12H,5-8,15H2,1-2H3. The van der Waals surface area contributed by atoms with Gasteiger partial charge in [-0.05, 0) is 45.6 Å². The monoisotopic (exact) mass is 316 g/mol. The summed E-state index contributed by atoms with van der Waals surface area (Å²) in [4.78, 5) is 3.95. The Morgan fingerprint density at radius 3 is 2.59 bits per heavy atom. The van der Waals surface area contributed by atoms with E-state index in [1.165, 1.54) is 28.9 Å². The quantitative estimate of drug-likeness (QED) is 0.925. The molecule has 1 aliphatic heterocycles. The van der Waals surface area contributed by atoms with Gasteiger partial charge in [-0.25, -0.2) is 0 Å². The lowest BCUT2D eigenvalue weighted by atomic mass is 9.90. The van der Waals surface area contributed by atoms with Gasteiger partial charge < -0.3 is 5.73 Å². The third-order valence-corrected chi connectivity index (χ3v) is 5.48. The van der Waals surface area contributed by atoms with Crippen molar-refractivity contribution >= 4 is 27.3 Å². The summed E-state index contributed by atoms with van der Waals surface area (Å²) in [6, 6.07) is 2.51. The molecule has 96 valence electrons. The number of thiophene rings is 1. The maximum Gasteiger partial charge on any atom is 0.0575 e. The van der Waals surface area contributed by atoms with Gasteiger partial charge in [-0.1, -0.05) is 13.8 Å². The number of likely N-dealkylation sites (tertiary alicyclic amines) is 1. The minimum Gasteiger partial charge on any atom is -0.329 e. The zero-order valence-corrected chi connectivity index (χ0v) is 12.9. The maximum atomic E-state index is 6.00. The topological polar surface area (TPSA) is 29.3 Å². The van der Waals surface area contributed by atoms with Crippen LogP contribution in [0.2, 0.25) is 0 Å². The van der Waals surface area contributed by atoms with Crippen LogP contribution in [0.15, 0.2) is 15.9 Å². The van der Waals surface area contributed by atoms with Crippen molar-refractivity contribution in [1.82, 2.24) is 4.90 Å². The van der Waals surface area contributed by atoms with E-state index in [9.17, 15) is 0 Å². The highest BCUT2D eigenvalue weighted by Crippen LogP contribution is 2.35. The number of nitrogens with zero attached hydrogens (tertiary/aromatic N) is 1. The van der Waals surface area contributed by atoms with Crippen LogP contribution in [0.1, 0.15) is 31.2 Å². The van der Waals surface area contributed by atoms with Gasteiger partial charge in [0.15, 0.2) is 0 Å². The van der Waals surface area contributed by atoms with Gasteiger partial charge in [0.25, 0.3) is 0 Å². The lowest BCUT2D eigenvalue weighted by Gasteiger charge is -2.39. The highest BCUT2D eigenvalue weighted by atomic mass is 79.9. The normalized spacial score (nSPS) is 28.2. The van der Waals surface area contributed by atoms with Crippen LogP contribution in [0, 0.1) is 11.8 Å². The first-order chi connectivity index (χ1) is 8.11. The van der Waals surface area contributed by atoms with Crippen LogP contribution < -0.4 is 5.73 Å². The van der Waals surface area contributed by atoms with E-state index in [4.69, 9.17) is 5.73 Å². The Hall–Kier alpha value is 0.100. The van der Waals surface area contributed by atoms with E-state index in [0.717, 1.165) is 11.8 Å². The molecule has 17 heavy (non-hydrogen) atoms. The SMILES string of the molecule is CC1CC(C)CN(C(CN)c2sccc2Br)C1. The summed E-state index contributed by atoms with van der Waals surface area (Å²) in [7, 11) is 0. The molecule has 0 amide bonds. The first kappa shape index (κ1) is 13.5. The molecular formula is C13H21BrN2S. The predicted octanol–water partition coefficient (Wildman–Crippen LogP) is 3.49. The fraction of sp³-hybridized carbons (Fsp3) is 0.692. The Bertz CT molecular complexity index is 356. The summed E-state index contributed by atoms with van der Waals surface area (Å²) in [5, 5.41) is 2.14. The number of nitrogens with two attached hydrogens (primary N) is 1. The molecule has 0 aliphatic carbocycles. The van der Waals surface area contributed by atoms with Crippen molar-refractivity contribution < 1.29 is 0 Å². The summed E-state index contributed by atoms with van der Waals surface area (Å²) in [5.74, 6) is 1.57. The summed E-state index contributed by atoms with van der Waals surface area (Å²) >= 11 is 5.44. The summed E-state index contributed by atoms with van der Waals surface area (Å²) in [5.41, 5.74) is 6.00. The van der Waals surface area contributed by atoms with Gasteiger partial charge >= 0.3 is 0 Å². The Kier molecular flexibility index (Phi) is 4.64. The Balaban J connectivity index is 2.15. The average molecular weight is 317 g/mol. The molecule has 0 radical (unpaired) electrons. The van der Waals surface area contributed by atoms with Crippen LogP contribution in [-0.4, -0.2) is 24.5 Å². The average Bonchev–Trinajstić information content (AvgIpc) is 2.65. The Morgan fingerprint density at radius 2 is 2.12 bits per heavy atom. The molecular weight excluding hydrogens is 296 g/mol. The molecule has 4 heteroatoms. The molecule has 0 bridgehead atoms. The second-order valence-electron chi connectivity index (χ2n) is 5.28. The summed E-state index contributed by atoms with van der Waals surface area (Å²) in [6.07, 6.45) is 1.35. The predicted molar refractivity (Wildman–Crippen MR) is 78.3 cm³/mol. The van der Waals surface area contributed by atoms with Gasteiger partial charge in [0.2, 0.25) is 0 Å². The number of hydrogen-bond acceptors (Lipinski definition) is 3. The molecule has 1 aromatic heterocycles. The molecule has 1 saturated heterocycles. The molecule has 1 aliphatic rings. The van der Waals surface area contributed by atoms with Crippen LogP contribution in [0.4, 0.5) is 0 Å². The fourth-order valence-electron chi connectivity index (χ4n) is 2.93. The van der Waals surface area contributed by atoms with E-state index < -0.39 is 0 Å². The van der Waals surface area contributed by atoms with Crippen molar-refractivity contribution in [1.29, 1.82) is 0 Å². The first-order valence-corrected chi connectivity index (χ1v) is 7.96. The second-order valence-corrected chi connectivity index (χ2v) is 7.09. The lowest BCUT2D eigenvalue weighted by Crippen LogP contribution is -2.43. The summed E-state index contributed by atoms with van der Waals surface area (Å²) < 4.78 is 1.21. The molecule has 0 spiro atoms. The Labute approximate surface area is 116 Å². The van der Waals surface area contributed by atoms with Gasteiger partial charge in [-0.15, -0.1) is 11.3 Å². The van der Waals surface area contributed by atoms with E-state index >= 15 is 0 Å². The van der Waals surface area contributed by atoms with Gasteiger partial charge in [0.1, 0.15) is 0 Å². The number of rotatable bonds is 3. The minimum absolute atomic E-state index is 0.384. The number of halogens is 1. The molecule has 2 rings (SSSR count). The third kappa shape index (κ3) is 3.11. The van der Waals surface area contributed by atoms with Crippen molar-refractivity contribution in [2.45, 2.75) is 26.3 Å². The molecule has 2 N–H and O–H groups in total. The molecule has 2 heterocycles. The van der Waals surface area contributed by atoms with E-state index in [1.54, 1.807) is 0 Å². The van der Waals surface area contributed by atoms with E-state index in [-0.39, 0.29) is 0 Å². The van der Waals surface area contributed by atoms with Crippen LogP contribution >= 0.6 is 27.3 Å². The zero-order valence-electron chi connectivity index (χ0n) is 10.5. The largest absolute Gasteiger partial charge is 0.329 e. The van der Waals surface area contributed by atoms with E-state index in [1.807, 2.05) is 11.3 Å². The molecule has 3 atom stereocenters. The van der Waals surface area contributed by atoms with Gasteiger partial charge in [0.05, 0.1) is 6.04 Å². The van der Waals surface area contributed by atoms with Crippen LogP contribution in [0.5, 0.6) is 0 Å². The highest BCUT2D eigenvalue weighted by molar-refractivity contribution is 9.10. The molecule has 2 nitrogen and oxygen atoms in total. The van der Waals surface area contributed by atoms with E-state index in [0.29, 0.717) is 12.6 Å². The lowest BCUT2D eigenvalue weighted by molar-refractivity contribution is 0.0996. The van der Waals surface area contributed by atoms with Crippen molar-refractivity contribution in [3.8, 4) is 0 Å². The van der Waals surface area contributed by atoms with Crippen molar-refractivity contribution in [3.63, 3.8) is 0 Å². The molecule has 1 aromatic rings. The van der Waals surface area contributed by atoms with Crippen LogP contribution in [0.25, 0.3) is 0 Å². The van der Waals surface area contributed by atoms with Crippen molar-refractivity contribution in [3.05, 3.63) is 20.8 Å². The minimum atomic E-state index is 0.384. The molecule has 1 fully saturated rings. The van der Waals surface area contributed by atoms with Gasteiger partial charge in [-0.2, -0.15) is 0 Å². The zero-order chi connectivity index (χ0) is 12.4. The summed E-state index contributed by atoms with van der Waals surface area (Å²) in [6.45, 7) is 7.76. The molecule has 3 unspecified atom stereocenters.